The molecule has 4 rings (SSSR count). The second kappa shape index (κ2) is 8.44. The highest BCUT2D eigenvalue weighted by Gasteiger charge is 2.32. The number of piperidine rings is 1. The number of cyclic esters (lactones) is 1. The predicted molar refractivity (Wildman–Crippen MR) is 112 cm³/mol. The van der Waals surface area contributed by atoms with Gasteiger partial charge in [0, 0.05) is 29.6 Å². The largest absolute Gasteiger partial charge is 0.447 e. The Morgan fingerprint density at radius 3 is 2.37 bits per heavy atom. The van der Waals surface area contributed by atoms with Crippen molar-refractivity contribution in [2.24, 2.45) is 5.92 Å². The summed E-state index contributed by atoms with van der Waals surface area (Å²) in [4.78, 5) is 44.8. The number of benzene rings is 1. The molecule has 0 aliphatic carbocycles. The molecule has 1 atom stereocenters. The zero-order chi connectivity index (χ0) is 21.3. The summed E-state index contributed by atoms with van der Waals surface area (Å²) in [5, 5.41) is 0.599. The summed E-state index contributed by atoms with van der Waals surface area (Å²) < 4.78 is 5.02. The molecule has 2 aliphatic rings. The van der Waals surface area contributed by atoms with Crippen LogP contribution in [0.3, 0.4) is 0 Å². The van der Waals surface area contributed by atoms with Crippen molar-refractivity contribution >= 4 is 35.1 Å². The summed E-state index contributed by atoms with van der Waals surface area (Å²) in [5.74, 6) is -0.183. The molecule has 0 saturated carbocycles. The van der Waals surface area contributed by atoms with Crippen molar-refractivity contribution in [1.29, 1.82) is 0 Å². The summed E-state index contributed by atoms with van der Waals surface area (Å²) in [5.41, 5.74) is 1.58. The first kappa shape index (κ1) is 20.3. The van der Waals surface area contributed by atoms with E-state index in [2.05, 4.69) is 4.98 Å². The van der Waals surface area contributed by atoms with Gasteiger partial charge in [0.2, 0.25) is 0 Å². The third kappa shape index (κ3) is 4.03. The minimum absolute atomic E-state index is 0.0712. The first-order valence-corrected chi connectivity index (χ1v) is 10.3. The first-order chi connectivity index (χ1) is 14.4. The second-order valence-corrected chi connectivity index (χ2v) is 8.07. The summed E-state index contributed by atoms with van der Waals surface area (Å²) in [7, 11) is 0. The molecule has 1 aromatic heterocycles. The van der Waals surface area contributed by atoms with Crippen LogP contribution in [0.4, 0.5) is 10.5 Å². The highest BCUT2D eigenvalue weighted by molar-refractivity contribution is 6.30. The number of nitrogens with zero attached hydrogens (tertiary/aromatic N) is 3. The molecule has 2 aromatic rings. The number of carbonyl (C=O) groups is 3. The fourth-order valence-electron chi connectivity index (χ4n) is 3.89. The van der Waals surface area contributed by atoms with Crippen LogP contribution in [-0.2, 0) is 4.74 Å². The molecule has 2 fully saturated rings. The number of ketones is 1. The summed E-state index contributed by atoms with van der Waals surface area (Å²) in [6.07, 6.45) is 2.34. The van der Waals surface area contributed by atoms with Gasteiger partial charge in [0.05, 0.1) is 17.9 Å². The molecular formula is C22H22ClN3O4. The van der Waals surface area contributed by atoms with Crippen molar-refractivity contribution in [3.05, 3.63) is 58.9 Å². The minimum atomic E-state index is -0.407. The molecule has 8 heteroatoms. The lowest BCUT2D eigenvalue weighted by Crippen LogP contribution is -2.40. The van der Waals surface area contributed by atoms with Crippen LogP contribution in [-0.4, -0.2) is 53.4 Å². The quantitative estimate of drug-likeness (QED) is 0.693. The minimum Gasteiger partial charge on any atom is -0.447 e. The Morgan fingerprint density at radius 1 is 1.10 bits per heavy atom. The van der Waals surface area contributed by atoms with E-state index >= 15 is 0 Å². The number of likely N-dealkylation sites (tertiary alicyclic amines) is 1. The maximum atomic E-state index is 12.8. The van der Waals surface area contributed by atoms with E-state index in [9.17, 15) is 14.4 Å². The lowest BCUT2D eigenvalue weighted by Gasteiger charge is -2.31. The van der Waals surface area contributed by atoms with Crippen molar-refractivity contribution in [2.75, 3.05) is 24.6 Å². The number of carbonyl (C=O) groups excluding carboxylic acids is 3. The number of hydrogen-bond donors (Lipinski definition) is 0. The van der Waals surface area contributed by atoms with Gasteiger partial charge in [-0.2, -0.15) is 0 Å². The molecule has 156 valence electrons. The average molecular weight is 428 g/mol. The highest BCUT2D eigenvalue weighted by atomic mass is 35.5. The van der Waals surface area contributed by atoms with E-state index in [1.165, 1.54) is 11.1 Å². The molecule has 0 N–H and O–H groups in total. The van der Waals surface area contributed by atoms with Crippen molar-refractivity contribution in [1.82, 2.24) is 9.88 Å². The Kier molecular flexibility index (Phi) is 5.72. The van der Waals surface area contributed by atoms with Crippen molar-refractivity contribution < 1.29 is 19.1 Å². The SMILES string of the molecule is C[C@@H]1COC(=O)N1c1ccc(C(=O)N2CCC(C(=O)c3ccc(Cl)cc3)CC2)nc1. The Bertz CT molecular complexity index is 953. The van der Waals surface area contributed by atoms with E-state index in [0.717, 1.165) is 0 Å². The lowest BCUT2D eigenvalue weighted by molar-refractivity contribution is 0.0645. The standard InChI is InChI=1S/C22H22ClN3O4/c1-14-13-30-22(29)26(14)18-6-7-19(24-12-18)21(28)25-10-8-16(9-11-25)20(27)15-2-4-17(23)5-3-15/h2-7,12,14,16H,8-11,13H2,1H3/t14-/m1/s1. The zero-order valence-corrected chi connectivity index (χ0v) is 17.3. The van der Waals surface area contributed by atoms with Gasteiger partial charge in [0.1, 0.15) is 12.3 Å². The monoisotopic (exact) mass is 427 g/mol. The number of hydrogen-bond acceptors (Lipinski definition) is 5. The number of Topliss-reactive ketones (excluding diaryl/α,β-unsaturated/α-hetero) is 1. The van der Waals surface area contributed by atoms with Crippen LogP contribution in [0.5, 0.6) is 0 Å². The molecule has 0 spiro atoms. The number of pyridine rings is 1. The molecule has 0 unspecified atom stereocenters. The number of halogens is 1. The Balaban J connectivity index is 1.36. The molecule has 2 amide bonds. The molecule has 3 heterocycles. The van der Waals surface area contributed by atoms with E-state index in [0.29, 0.717) is 54.5 Å². The molecular weight excluding hydrogens is 406 g/mol. The van der Waals surface area contributed by atoms with Crippen molar-refractivity contribution in [3.8, 4) is 0 Å². The van der Waals surface area contributed by atoms with Gasteiger partial charge in [-0.15, -0.1) is 0 Å². The zero-order valence-electron chi connectivity index (χ0n) is 16.6. The van der Waals surface area contributed by atoms with Crippen LogP contribution in [0.1, 0.15) is 40.6 Å². The van der Waals surface area contributed by atoms with Crippen molar-refractivity contribution in [3.63, 3.8) is 0 Å². The number of ether oxygens (including phenoxy) is 1. The molecule has 30 heavy (non-hydrogen) atoms. The van der Waals surface area contributed by atoms with Crippen molar-refractivity contribution in [2.45, 2.75) is 25.8 Å². The fourth-order valence-corrected chi connectivity index (χ4v) is 4.01. The number of rotatable bonds is 4. The molecule has 2 aliphatic heterocycles. The average Bonchev–Trinajstić information content (AvgIpc) is 3.11. The van der Waals surface area contributed by atoms with Gasteiger partial charge in [-0.1, -0.05) is 11.6 Å². The predicted octanol–water partition coefficient (Wildman–Crippen LogP) is 3.82. The topological polar surface area (TPSA) is 79.8 Å². The lowest BCUT2D eigenvalue weighted by atomic mass is 9.89. The van der Waals surface area contributed by atoms with Crippen LogP contribution in [0.25, 0.3) is 0 Å². The Labute approximate surface area is 179 Å². The second-order valence-electron chi connectivity index (χ2n) is 7.64. The number of anilines is 1. The van der Waals surface area contributed by atoms with E-state index < -0.39 is 6.09 Å². The van der Waals surface area contributed by atoms with Gasteiger partial charge >= 0.3 is 6.09 Å². The van der Waals surface area contributed by atoms with E-state index in [-0.39, 0.29) is 23.7 Å². The van der Waals surface area contributed by atoms with Crippen LogP contribution < -0.4 is 4.90 Å². The summed E-state index contributed by atoms with van der Waals surface area (Å²) >= 11 is 5.89. The Hall–Kier alpha value is -2.93. The summed E-state index contributed by atoms with van der Waals surface area (Å²) in [6, 6.07) is 10.2. The number of amides is 2. The molecule has 7 nitrogen and oxygen atoms in total. The fraction of sp³-hybridized carbons (Fsp3) is 0.364. The van der Waals surface area contributed by atoms with Crippen LogP contribution in [0.15, 0.2) is 42.6 Å². The first-order valence-electron chi connectivity index (χ1n) is 9.95. The maximum Gasteiger partial charge on any atom is 0.414 e. The van der Waals surface area contributed by atoms with Gasteiger partial charge in [0.25, 0.3) is 5.91 Å². The Morgan fingerprint density at radius 2 is 1.80 bits per heavy atom. The van der Waals surface area contributed by atoms with Gasteiger partial charge < -0.3 is 9.64 Å². The number of aromatic nitrogens is 1. The van der Waals surface area contributed by atoms with E-state index in [1.54, 1.807) is 41.3 Å². The van der Waals surface area contributed by atoms with Gasteiger partial charge in [-0.3, -0.25) is 14.5 Å². The van der Waals surface area contributed by atoms with Gasteiger partial charge in [-0.25, -0.2) is 9.78 Å². The summed E-state index contributed by atoms with van der Waals surface area (Å²) in [6.45, 7) is 3.23. The maximum absolute atomic E-state index is 12.8. The molecule has 1 aromatic carbocycles. The van der Waals surface area contributed by atoms with Gasteiger partial charge in [-0.05, 0) is 56.2 Å². The molecule has 0 bridgehead atoms. The van der Waals surface area contributed by atoms with Crippen LogP contribution in [0, 0.1) is 5.92 Å². The molecule has 0 radical (unpaired) electrons. The van der Waals surface area contributed by atoms with Crippen LogP contribution >= 0.6 is 11.6 Å². The normalized spacial score (nSPS) is 19.7. The van der Waals surface area contributed by atoms with Crippen LogP contribution in [0.2, 0.25) is 5.02 Å². The third-order valence-corrected chi connectivity index (χ3v) is 5.86. The van der Waals surface area contributed by atoms with Gasteiger partial charge in [0.15, 0.2) is 5.78 Å². The van der Waals surface area contributed by atoms with E-state index in [4.69, 9.17) is 16.3 Å². The third-order valence-electron chi connectivity index (χ3n) is 5.61. The highest BCUT2D eigenvalue weighted by Crippen LogP contribution is 2.25. The van der Waals surface area contributed by atoms with E-state index in [1.807, 2.05) is 6.92 Å². The smallest absolute Gasteiger partial charge is 0.414 e. The molecule has 2 saturated heterocycles.